The van der Waals surface area contributed by atoms with E-state index in [2.05, 4.69) is 0 Å². The quantitative estimate of drug-likeness (QED) is 0.655. The molecule has 0 unspecified atom stereocenters. The minimum Gasteiger partial charge on any atom is -0.508 e. The summed E-state index contributed by atoms with van der Waals surface area (Å²) in [6.45, 7) is 0. The van der Waals surface area contributed by atoms with E-state index >= 15 is 0 Å². The number of aromatic hydroxyl groups is 1. The van der Waals surface area contributed by atoms with Crippen molar-refractivity contribution in [2.45, 2.75) is 0 Å². The first-order chi connectivity index (χ1) is 8.16. The van der Waals surface area contributed by atoms with Crippen molar-refractivity contribution in [2.75, 3.05) is 0 Å². The third-order valence-electron chi connectivity index (χ3n) is 2.14. The zero-order valence-electron chi connectivity index (χ0n) is 8.76. The average molecular weight is 249 g/mol. The van der Waals surface area contributed by atoms with Gasteiger partial charge in [-0.2, -0.15) is 0 Å². The lowest BCUT2D eigenvalue weighted by Gasteiger charge is -2.05. The van der Waals surface area contributed by atoms with Crippen LogP contribution in [0.15, 0.2) is 48.5 Å². The Hall–Kier alpha value is -2.00. The van der Waals surface area contributed by atoms with Gasteiger partial charge in [-0.3, -0.25) is 0 Å². The van der Waals surface area contributed by atoms with Crippen molar-refractivity contribution in [3.63, 3.8) is 0 Å². The molecule has 0 aliphatic heterocycles. The Labute approximate surface area is 103 Å². The Bertz CT molecular complexity index is 535. The number of ether oxygens (including phenoxy) is 1. The first kappa shape index (κ1) is 11.5. The van der Waals surface area contributed by atoms with Gasteiger partial charge < -0.3 is 9.84 Å². The summed E-state index contributed by atoms with van der Waals surface area (Å²) in [5, 5.41) is 9.47. The third-order valence-corrected chi connectivity index (χ3v) is 2.45. The van der Waals surface area contributed by atoms with E-state index in [1.807, 2.05) is 0 Å². The second kappa shape index (κ2) is 4.89. The molecule has 0 amide bonds. The second-order valence-electron chi connectivity index (χ2n) is 3.37. The van der Waals surface area contributed by atoms with Gasteiger partial charge in [-0.25, -0.2) is 4.79 Å². The fourth-order valence-corrected chi connectivity index (χ4v) is 1.46. The molecule has 0 saturated carbocycles. The number of halogens is 1. The second-order valence-corrected chi connectivity index (χ2v) is 3.77. The van der Waals surface area contributed by atoms with Crippen LogP contribution in [0.2, 0.25) is 5.02 Å². The van der Waals surface area contributed by atoms with E-state index in [-0.39, 0.29) is 5.75 Å². The summed E-state index contributed by atoms with van der Waals surface area (Å²) in [4.78, 5) is 11.7. The number of rotatable bonds is 2. The van der Waals surface area contributed by atoms with Crippen molar-refractivity contribution < 1.29 is 14.6 Å². The summed E-state index contributed by atoms with van der Waals surface area (Å²) >= 11 is 5.86. The highest BCUT2D eigenvalue weighted by atomic mass is 35.5. The predicted octanol–water partition coefficient (Wildman–Crippen LogP) is 3.26. The third kappa shape index (κ3) is 2.77. The molecule has 0 bridgehead atoms. The maximum absolute atomic E-state index is 11.7. The van der Waals surface area contributed by atoms with Crippen LogP contribution >= 0.6 is 11.6 Å². The Morgan fingerprint density at radius 1 is 1.06 bits per heavy atom. The Morgan fingerprint density at radius 3 is 2.35 bits per heavy atom. The van der Waals surface area contributed by atoms with Gasteiger partial charge >= 0.3 is 5.97 Å². The number of phenols is 1. The van der Waals surface area contributed by atoms with Gasteiger partial charge in [-0.1, -0.05) is 23.7 Å². The largest absolute Gasteiger partial charge is 0.508 e. The zero-order valence-corrected chi connectivity index (χ0v) is 9.52. The van der Waals surface area contributed by atoms with E-state index in [9.17, 15) is 4.79 Å². The molecule has 0 heterocycles. The summed E-state index contributed by atoms with van der Waals surface area (Å²) in [5.41, 5.74) is 0.350. The van der Waals surface area contributed by atoms with E-state index in [4.69, 9.17) is 21.4 Å². The van der Waals surface area contributed by atoms with Gasteiger partial charge in [0.2, 0.25) is 0 Å². The average Bonchev–Trinajstić information content (AvgIpc) is 2.33. The number of carbonyl (C=O) groups is 1. The van der Waals surface area contributed by atoms with Gasteiger partial charge in [0.05, 0.1) is 10.6 Å². The molecule has 0 radical (unpaired) electrons. The fraction of sp³-hybridized carbons (Fsp3) is 0. The highest BCUT2D eigenvalue weighted by Crippen LogP contribution is 2.24. The molecule has 86 valence electrons. The van der Waals surface area contributed by atoms with E-state index in [1.54, 1.807) is 24.3 Å². The van der Waals surface area contributed by atoms with Crippen LogP contribution in [-0.2, 0) is 0 Å². The molecule has 0 aromatic heterocycles. The lowest BCUT2D eigenvalue weighted by Crippen LogP contribution is -2.08. The van der Waals surface area contributed by atoms with Crippen LogP contribution in [0.25, 0.3) is 0 Å². The number of para-hydroxylation sites is 1. The van der Waals surface area contributed by atoms with Gasteiger partial charge in [0, 0.05) is 0 Å². The highest BCUT2D eigenvalue weighted by Gasteiger charge is 2.10. The van der Waals surface area contributed by atoms with Crippen LogP contribution in [0.4, 0.5) is 0 Å². The first-order valence-electron chi connectivity index (χ1n) is 4.92. The Kier molecular flexibility index (Phi) is 3.30. The first-order valence-corrected chi connectivity index (χ1v) is 5.30. The lowest BCUT2D eigenvalue weighted by atomic mass is 10.2. The molecule has 2 aromatic rings. The number of hydrogen-bond donors (Lipinski definition) is 1. The zero-order chi connectivity index (χ0) is 12.3. The SMILES string of the molecule is O=C(Oc1ccccc1Cl)c1ccc(O)cc1. The molecular formula is C13H9ClO3. The molecule has 0 spiro atoms. The molecule has 2 rings (SSSR count). The summed E-state index contributed by atoms with van der Waals surface area (Å²) in [6.07, 6.45) is 0. The molecule has 3 nitrogen and oxygen atoms in total. The lowest BCUT2D eigenvalue weighted by molar-refractivity contribution is 0.0735. The molecule has 0 aliphatic carbocycles. The van der Waals surface area contributed by atoms with Crippen LogP contribution in [0.5, 0.6) is 11.5 Å². The van der Waals surface area contributed by atoms with Crippen LogP contribution < -0.4 is 4.74 Å². The van der Waals surface area contributed by atoms with Gasteiger partial charge in [0.15, 0.2) is 0 Å². The standard InChI is InChI=1S/C13H9ClO3/c14-11-3-1-2-4-12(11)17-13(16)9-5-7-10(15)8-6-9/h1-8,15H. The van der Waals surface area contributed by atoms with Crippen molar-refractivity contribution >= 4 is 17.6 Å². The van der Waals surface area contributed by atoms with Crippen LogP contribution in [-0.4, -0.2) is 11.1 Å². The van der Waals surface area contributed by atoms with Gasteiger partial charge in [-0.15, -0.1) is 0 Å². The number of phenolic OH excluding ortho intramolecular Hbond substituents is 1. The van der Waals surface area contributed by atoms with Gasteiger partial charge in [-0.05, 0) is 36.4 Å². The molecule has 0 fully saturated rings. The molecule has 0 atom stereocenters. The molecule has 0 saturated heterocycles. The van der Waals surface area contributed by atoms with Crippen molar-refractivity contribution in [3.05, 3.63) is 59.1 Å². The van der Waals surface area contributed by atoms with Crippen molar-refractivity contribution in [3.8, 4) is 11.5 Å². The van der Waals surface area contributed by atoms with Crippen LogP contribution in [0.1, 0.15) is 10.4 Å². The Morgan fingerprint density at radius 2 is 1.71 bits per heavy atom. The fourth-order valence-electron chi connectivity index (χ4n) is 1.28. The van der Waals surface area contributed by atoms with E-state index < -0.39 is 5.97 Å². The summed E-state index contributed by atoms with van der Waals surface area (Å²) in [7, 11) is 0. The number of esters is 1. The Balaban J connectivity index is 2.17. The highest BCUT2D eigenvalue weighted by molar-refractivity contribution is 6.32. The molecular weight excluding hydrogens is 240 g/mol. The van der Waals surface area contributed by atoms with E-state index in [1.165, 1.54) is 24.3 Å². The number of hydrogen-bond acceptors (Lipinski definition) is 3. The minimum absolute atomic E-state index is 0.0966. The van der Waals surface area contributed by atoms with Crippen molar-refractivity contribution in [2.24, 2.45) is 0 Å². The van der Waals surface area contributed by atoms with Crippen molar-refractivity contribution in [1.29, 1.82) is 0 Å². The summed E-state index contributed by atoms with van der Waals surface area (Å²) in [6, 6.07) is 12.5. The van der Waals surface area contributed by atoms with E-state index in [0.29, 0.717) is 16.3 Å². The minimum atomic E-state index is -0.516. The topological polar surface area (TPSA) is 46.5 Å². The van der Waals surface area contributed by atoms with Crippen molar-refractivity contribution in [1.82, 2.24) is 0 Å². The number of benzene rings is 2. The van der Waals surface area contributed by atoms with Gasteiger partial charge in [0.25, 0.3) is 0 Å². The number of carbonyl (C=O) groups excluding carboxylic acids is 1. The monoisotopic (exact) mass is 248 g/mol. The van der Waals surface area contributed by atoms with E-state index in [0.717, 1.165) is 0 Å². The van der Waals surface area contributed by atoms with Gasteiger partial charge in [0.1, 0.15) is 11.5 Å². The predicted molar refractivity (Wildman–Crippen MR) is 64.5 cm³/mol. The maximum atomic E-state index is 11.7. The molecule has 4 heteroatoms. The molecule has 0 aliphatic rings. The van der Waals surface area contributed by atoms with Crippen LogP contribution in [0.3, 0.4) is 0 Å². The smallest absolute Gasteiger partial charge is 0.343 e. The maximum Gasteiger partial charge on any atom is 0.343 e. The molecule has 1 N–H and O–H groups in total. The molecule has 2 aromatic carbocycles. The summed E-state index contributed by atoms with van der Waals surface area (Å²) in [5.74, 6) is -0.107. The molecule has 17 heavy (non-hydrogen) atoms. The normalized spacial score (nSPS) is 9.94. The van der Waals surface area contributed by atoms with Crippen LogP contribution in [0, 0.1) is 0 Å². The summed E-state index contributed by atoms with van der Waals surface area (Å²) < 4.78 is 5.12.